The van der Waals surface area contributed by atoms with Crippen molar-refractivity contribution >= 4 is 10.0 Å². The third-order valence-corrected chi connectivity index (χ3v) is 6.24. The molecule has 0 spiro atoms. The van der Waals surface area contributed by atoms with E-state index in [2.05, 4.69) is 5.32 Å². The molecule has 1 aliphatic heterocycles. The summed E-state index contributed by atoms with van der Waals surface area (Å²) in [4.78, 5) is 0.425. The van der Waals surface area contributed by atoms with Crippen molar-refractivity contribution in [1.82, 2.24) is 9.62 Å². The van der Waals surface area contributed by atoms with Crippen LogP contribution in [0, 0.1) is 13.8 Å². The summed E-state index contributed by atoms with van der Waals surface area (Å²) in [6.45, 7) is 8.24. The van der Waals surface area contributed by atoms with E-state index in [0.717, 1.165) is 43.5 Å². The van der Waals surface area contributed by atoms with E-state index in [-0.39, 0.29) is 6.04 Å². The Bertz CT molecular complexity index is 584. The zero-order chi connectivity index (χ0) is 15.5. The molecule has 2 rings (SSSR count). The van der Waals surface area contributed by atoms with E-state index in [1.54, 1.807) is 16.4 Å². The Labute approximate surface area is 128 Å². The van der Waals surface area contributed by atoms with E-state index in [9.17, 15) is 8.42 Å². The fraction of sp³-hybridized carbons (Fsp3) is 0.625. The Morgan fingerprint density at radius 2 is 2.00 bits per heavy atom. The molecule has 0 bridgehead atoms. The van der Waals surface area contributed by atoms with E-state index in [1.165, 1.54) is 0 Å². The standard InChI is InChI=1S/C16H26N2O2S/c1-4-17-12-15-7-5-6-10-18(15)21(19,20)16-9-8-13(2)14(3)11-16/h8-9,11,15,17H,4-7,10,12H2,1-3H3. The van der Waals surface area contributed by atoms with E-state index in [4.69, 9.17) is 0 Å². The van der Waals surface area contributed by atoms with Gasteiger partial charge in [-0.3, -0.25) is 0 Å². The predicted molar refractivity (Wildman–Crippen MR) is 86.0 cm³/mol. The number of hydrogen-bond donors (Lipinski definition) is 1. The first kappa shape index (κ1) is 16.5. The minimum absolute atomic E-state index is 0.0744. The van der Waals surface area contributed by atoms with E-state index in [1.807, 2.05) is 26.8 Å². The molecule has 1 N–H and O–H groups in total. The number of benzene rings is 1. The molecule has 1 fully saturated rings. The highest BCUT2D eigenvalue weighted by molar-refractivity contribution is 7.89. The van der Waals surface area contributed by atoms with Gasteiger partial charge in [0.15, 0.2) is 0 Å². The van der Waals surface area contributed by atoms with Crippen LogP contribution in [0.2, 0.25) is 0 Å². The van der Waals surface area contributed by atoms with Gasteiger partial charge in [0, 0.05) is 19.1 Å². The molecule has 1 atom stereocenters. The Morgan fingerprint density at radius 3 is 2.67 bits per heavy atom. The molecule has 1 aliphatic rings. The van der Waals surface area contributed by atoms with E-state index < -0.39 is 10.0 Å². The van der Waals surface area contributed by atoms with Crippen molar-refractivity contribution in [2.24, 2.45) is 0 Å². The lowest BCUT2D eigenvalue weighted by atomic mass is 10.1. The molecular formula is C16H26N2O2S. The molecule has 1 unspecified atom stereocenters. The smallest absolute Gasteiger partial charge is 0.243 e. The molecule has 21 heavy (non-hydrogen) atoms. The largest absolute Gasteiger partial charge is 0.315 e. The molecule has 1 saturated heterocycles. The highest BCUT2D eigenvalue weighted by atomic mass is 32.2. The summed E-state index contributed by atoms with van der Waals surface area (Å²) in [6.07, 6.45) is 3.00. The Morgan fingerprint density at radius 1 is 1.24 bits per heavy atom. The zero-order valence-corrected chi connectivity index (χ0v) is 14.0. The number of nitrogens with zero attached hydrogens (tertiary/aromatic N) is 1. The summed E-state index contributed by atoms with van der Waals surface area (Å²) in [5.74, 6) is 0. The molecular weight excluding hydrogens is 284 g/mol. The van der Waals surface area contributed by atoms with Crippen LogP contribution in [0.3, 0.4) is 0 Å². The van der Waals surface area contributed by atoms with Gasteiger partial charge < -0.3 is 5.32 Å². The maximum absolute atomic E-state index is 12.9. The van der Waals surface area contributed by atoms with Gasteiger partial charge in [0.1, 0.15) is 0 Å². The summed E-state index contributed by atoms with van der Waals surface area (Å²) >= 11 is 0. The SMILES string of the molecule is CCNCC1CCCCN1S(=O)(=O)c1ccc(C)c(C)c1. The van der Waals surface area contributed by atoms with Crippen LogP contribution in [0.5, 0.6) is 0 Å². The van der Waals surface area contributed by atoms with Crippen LogP contribution in [-0.2, 0) is 10.0 Å². The highest BCUT2D eigenvalue weighted by Gasteiger charge is 2.33. The topological polar surface area (TPSA) is 49.4 Å². The van der Waals surface area contributed by atoms with Crippen LogP contribution < -0.4 is 5.32 Å². The second-order valence-electron chi connectivity index (χ2n) is 5.82. The van der Waals surface area contributed by atoms with Crippen molar-refractivity contribution in [1.29, 1.82) is 0 Å². The molecule has 1 heterocycles. The average Bonchev–Trinajstić information content (AvgIpc) is 2.48. The minimum Gasteiger partial charge on any atom is -0.315 e. The maximum Gasteiger partial charge on any atom is 0.243 e. The summed E-state index contributed by atoms with van der Waals surface area (Å²) in [7, 11) is -3.39. The lowest BCUT2D eigenvalue weighted by Gasteiger charge is -2.35. The summed E-state index contributed by atoms with van der Waals surface area (Å²) < 4.78 is 27.5. The van der Waals surface area contributed by atoms with Gasteiger partial charge in [-0.25, -0.2) is 8.42 Å². The number of nitrogens with one attached hydrogen (secondary N) is 1. The van der Waals surface area contributed by atoms with Crippen molar-refractivity contribution in [3.8, 4) is 0 Å². The van der Waals surface area contributed by atoms with Gasteiger partial charge in [-0.1, -0.05) is 19.4 Å². The summed E-state index contributed by atoms with van der Waals surface area (Å²) in [5, 5.41) is 3.29. The first-order valence-corrected chi connectivity index (χ1v) is 9.20. The number of rotatable bonds is 5. The van der Waals surface area contributed by atoms with Crippen molar-refractivity contribution in [2.75, 3.05) is 19.6 Å². The molecule has 0 aliphatic carbocycles. The van der Waals surface area contributed by atoms with Crippen LogP contribution in [0.1, 0.15) is 37.3 Å². The highest BCUT2D eigenvalue weighted by Crippen LogP contribution is 2.26. The van der Waals surface area contributed by atoms with Crippen molar-refractivity contribution < 1.29 is 8.42 Å². The summed E-state index contributed by atoms with van der Waals surface area (Å²) in [6, 6.07) is 5.50. The molecule has 1 aromatic rings. The first-order valence-electron chi connectivity index (χ1n) is 7.76. The molecule has 0 aromatic heterocycles. The fourth-order valence-electron chi connectivity index (χ4n) is 2.82. The maximum atomic E-state index is 12.9. The van der Waals surface area contributed by atoms with Crippen molar-refractivity contribution in [3.05, 3.63) is 29.3 Å². The van der Waals surface area contributed by atoms with Gasteiger partial charge in [0.2, 0.25) is 10.0 Å². The molecule has 118 valence electrons. The average molecular weight is 310 g/mol. The number of hydrogen-bond acceptors (Lipinski definition) is 3. The van der Waals surface area contributed by atoms with Crippen LogP contribution in [-0.4, -0.2) is 38.4 Å². The number of likely N-dealkylation sites (N-methyl/N-ethyl adjacent to an activating group) is 1. The second kappa shape index (κ2) is 6.90. The van der Waals surface area contributed by atoms with Crippen molar-refractivity contribution in [3.63, 3.8) is 0 Å². The first-order chi connectivity index (χ1) is 9.96. The van der Waals surface area contributed by atoms with Gasteiger partial charge in [-0.15, -0.1) is 0 Å². The fourth-order valence-corrected chi connectivity index (χ4v) is 4.59. The zero-order valence-electron chi connectivity index (χ0n) is 13.2. The van der Waals surface area contributed by atoms with E-state index >= 15 is 0 Å². The van der Waals surface area contributed by atoms with E-state index in [0.29, 0.717) is 11.4 Å². The van der Waals surface area contributed by atoms with Gasteiger partial charge in [0.25, 0.3) is 0 Å². The Hall–Kier alpha value is -0.910. The lowest BCUT2D eigenvalue weighted by molar-refractivity contribution is 0.246. The van der Waals surface area contributed by atoms with Crippen LogP contribution in [0.25, 0.3) is 0 Å². The molecule has 4 nitrogen and oxygen atoms in total. The molecule has 0 saturated carbocycles. The van der Waals surface area contributed by atoms with Crippen molar-refractivity contribution in [2.45, 2.75) is 51.0 Å². The molecule has 5 heteroatoms. The van der Waals surface area contributed by atoms with Crippen LogP contribution >= 0.6 is 0 Å². The number of sulfonamides is 1. The van der Waals surface area contributed by atoms with Gasteiger partial charge in [-0.05, 0) is 56.5 Å². The van der Waals surface area contributed by atoms with Gasteiger partial charge in [0.05, 0.1) is 4.90 Å². The summed E-state index contributed by atoms with van der Waals surface area (Å²) in [5.41, 5.74) is 2.15. The van der Waals surface area contributed by atoms with Crippen LogP contribution in [0.15, 0.2) is 23.1 Å². The lowest BCUT2D eigenvalue weighted by Crippen LogP contribution is -2.48. The third-order valence-electron chi connectivity index (χ3n) is 4.29. The monoisotopic (exact) mass is 310 g/mol. The Balaban J connectivity index is 2.28. The number of piperidine rings is 1. The normalized spacial score (nSPS) is 20.6. The van der Waals surface area contributed by atoms with Crippen LogP contribution in [0.4, 0.5) is 0 Å². The predicted octanol–water partition coefficient (Wildman–Crippen LogP) is 2.46. The van der Waals surface area contributed by atoms with Gasteiger partial charge >= 0.3 is 0 Å². The quantitative estimate of drug-likeness (QED) is 0.909. The molecule has 1 aromatic carbocycles. The molecule has 0 radical (unpaired) electrons. The number of aryl methyl sites for hydroxylation is 2. The van der Waals surface area contributed by atoms with Gasteiger partial charge in [-0.2, -0.15) is 4.31 Å². The Kier molecular flexibility index (Phi) is 5.41. The minimum atomic E-state index is -3.39. The third kappa shape index (κ3) is 3.65. The molecule has 0 amide bonds. The second-order valence-corrected chi connectivity index (χ2v) is 7.71.